The van der Waals surface area contributed by atoms with Crippen LogP contribution in [0.15, 0.2) is 0 Å². The largest absolute Gasteiger partial charge is 0.369 e. The van der Waals surface area contributed by atoms with E-state index in [4.69, 9.17) is 24.4 Å². The number of nitrogens with one attached hydrogen (secondary N) is 3. The van der Waals surface area contributed by atoms with E-state index in [1.165, 1.54) is 0 Å². The molecule has 1 aromatic heterocycles. The zero-order valence-electron chi connectivity index (χ0n) is 5.26. The molecule has 4 nitrogen and oxygen atoms in total. The van der Waals surface area contributed by atoms with E-state index in [9.17, 15) is 0 Å². The van der Waals surface area contributed by atoms with E-state index < -0.39 is 0 Å². The lowest BCUT2D eigenvalue weighted by Crippen LogP contribution is -1.97. The first-order chi connectivity index (χ1) is 4.74. The fraction of sp³-hybridized carbons (Fsp3) is 0.250. The molecule has 54 valence electrons. The Morgan fingerprint density at radius 3 is 2.70 bits per heavy atom. The molecule has 0 atom stereocenters. The standard InChI is InChI=1S/C4H6N4S2/c1-5-2-3(9)6-4(10)8-7-2/h1H3,(H,5,7)(H2,6,8,9,10). The third-order valence-corrected chi connectivity index (χ3v) is 1.44. The average molecular weight is 174 g/mol. The number of hydrogen-bond acceptors (Lipinski definition) is 4. The molecular formula is C4H6N4S2. The molecule has 0 saturated heterocycles. The molecule has 0 fully saturated rings. The van der Waals surface area contributed by atoms with Crippen LogP contribution in [-0.4, -0.2) is 22.2 Å². The third kappa shape index (κ3) is 1.39. The maximum absolute atomic E-state index is 4.87. The Kier molecular flexibility index (Phi) is 2.13. The lowest BCUT2D eigenvalue weighted by molar-refractivity contribution is 0.943. The van der Waals surface area contributed by atoms with E-state index in [-0.39, 0.29) is 0 Å². The van der Waals surface area contributed by atoms with Gasteiger partial charge in [-0.1, -0.05) is 12.2 Å². The molecule has 0 bridgehead atoms. The normalized spacial score (nSPS) is 9.30. The van der Waals surface area contributed by atoms with E-state index in [2.05, 4.69) is 20.5 Å². The molecule has 1 aromatic rings. The Labute approximate surface area is 67.7 Å². The number of hydrogen-bond donors (Lipinski definition) is 3. The number of anilines is 1. The Hall–Kier alpha value is -0.750. The van der Waals surface area contributed by atoms with Gasteiger partial charge in [0.25, 0.3) is 0 Å². The summed E-state index contributed by atoms with van der Waals surface area (Å²) in [4.78, 5) is 2.74. The number of nitrogens with zero attached hydrogens (tertiary/aromatic N) is 1. The van der Waals surface area contributed by atoms with Crippen LogP contribution in [0.4, 0.5) is 5.82 Å². The highest BCUT2D eigenvalue weighted by atomic mass is 32.1. The topological polar surface area (TPSA) is 56.5 Å². The predicted octanol–water partition coefficient (Wildman–Crippen LogP) is 1.24. The highest BCUT2D eigenvalue weighted by Gasteiger charge is 1.90. The van der Waals surface area contributed by atoms with Crippen LogP contribution < -0.4 is 5.32 Å². The summed E-state index contributed by atoms with van der Waals surface area (Å²) < 4.78 is 0.954. The summed E-state index contributed by atoms with van der Waals surface area (Å²) in [6.07, 6.45) is 0. The van der Waals surface area contributed by atoms with Crippen LogP contribution in [0.1, 0.15) is 0 Å². The third-order valence-electron chi connectivity index (χ3n) is 0.948. The summed E-state index contributed by atoms with van der Waals surface area (Å²) in [5.41, 5.74) is 0. The van der Waals surface area contributed by atoms with Crippen molar-refractivity contribution in [3.8, 4) is 0 Å². The van der Waals surface area contributed by atoms with Gasteiger partial charge in [-0.2, -0.15) is 5.10 Å². The van der Waals surface area contributed by atoms with Gasteiger partial charge in [0.1, 0.15) is 4.64 Å². The van der Waals surface area contributed by atoms with Gasteiger partial charge in [-0.25, -0.2) is 0 Å². The first kappa shape index (κ1) is 7.36. The van der Waals surface area contributed by atoms with E-state index in [0.29, 0.717) is 15.2 Å². The van der Waals surface area contributed by atoms with Crippen molar-refractivity contribution in [3.63, 3.8) is 0 Å². The Morgan fingerprint density at radius 1 is 1.50 bits per heavy atom. The van der Waals surface area contributed by atoms with Crippen LogP contribution in [-0.2, 0) is 0 Å². The Bertz CT molecular complexity index is 325. The summed E-state index contributed by atoms with van der Waals surface area (Å²) in [5.74, 6) is 0.601. The SMILES string of the molecule is CNc1n[nH]c(=S)[nH]c1=S. The quantitative estimate of drug-likeness (QED) is 0.561. The molecule has 0 aliphatic rings. The zero-order valence-corrected chi connectivity index (χ0v) is 6.90. The second-order valence-electron chi connectivity index (χ2n) is 1.61. The number of aromatic nitrogens is 3. The van der Waals surface area contributed by atoms with E-state index in [0.717, 1.165) is 0 Å². The minimum Gasteiger partial charge on any atom is -0.369 e. The van der Waals surface area contributed by atoms with E-state index in [1.54, 1.807) is 7.05 Å². The van der Waals surface area contributed by atoms with Gasteiger partial charge < -0.3 is 10.3 Å². The predicted molar refractivity (Wildman–Crippen MR) is 44.2 cm³/mol. The summed E-state index contributed by atoms with van der Waals surface area (Å²) in [6, 6.07) is 0. The first-order valence-electron chi connectivity index (χ1n) is 2.61. The first-order valence-corrected chi connectivity index (χ1v) is 3.42. The van der Waals surface area contributed by atoms with E-state index >= 15 is 0 Å². The van der Waals surface area contributed by atoms with Gasteiger partial charge in [0, 0.05) is 7.05 Å². The molecular weight excluding hydrogens is 168 g/mol. The summed E-state index contributed by atoms with van der Waals surface area (Å²) in [5, 5.41) is 9.19. The van der Waals surface area contributed by atoms with Gasteiger partial charge in [-0.3, -0.25) is 5.10 Å². The van der Waals surface area contributed by atoms with Crippen molar-refractivity contribution in [1.82, 2.24) is 15.2 Å². The molecule has 10 heavy (non-hydrogen) atoms. The fourth-order valence-corrected chi connectivity index (χ4v) is 0.979. The number of aromatic amines is 2. The van der Waals surface area contributed by atoms with Gasteiger partial charge in [0.15, 0.2) is 10.6 Å². The van der Waals surface area contributed by atoms with Crippen molar-refractivity contribution in [2.75, 3.05) is 12.4 Å². The van der Waals surface area contributed by atoms with E-state index in [1.807, 2.05) is 0 Å². The molecule has 0 saturated carbocycles. The zero-order chi connectivity index (χ0) is 7.56. The van der Waals surface area contributed by atoms with Crippen molar-refractivity contribution in [1.29, 1.82) is 0 Å². The van der Waals surface area contributed by atoms with Crippen molar-refractivity contribution in [2.24, 2.45) is 0 Å². The minimum absolute atomic E-state index is 0.434. The van der Waals surface area contributed by atoms with Gasteiger partial charge in [-0.15, -0.1) is 0 Å². The Morgan fingerprint density at radius 2 is 2.20 bits per heavy atom. The maximum atomic E-state index is 4.87. The average Bonchev–Trinajstić information content (AvgIpc) is 1.88. The molecule has 0 unspecified atom stereocenters. The van der Waals surface area contributed by atoms with Crippen molar-refractivity contribution >= 4 is 30.3 Å². The van der Waals surface area contributed by atoms with Gasteiger partial charge in [0.2, 0.25) is 0 Å². The monoisotopic (exact) mass is 174 g/mol. The molecule has 0 aliphatic heterocycles. The molecule has 1 heterocycles. The second kappa shape index (κ2) is 2.89. The maximum Gasteiger partial charge on any atom is 0.192 e. The molecule has 0 aliphatic carbocycles. The van der Waals surface area contributed by atoms with Crippen LogP contribution in [0.25, 0.3) is 0 Å². The van der Waals surface area contributed by atoms with Crippen LogP contribution in [0, 0.1) is 9.41 Å². The van der Waals surface area contributed by atoms with Crippen LogP contribution in [0.3, 0.4) is 0 Å². The van der Waals surface area contributed by atoms with Gasteiger partial charge in [0.05, 0.1) is 0 Å². The number of H-pyrrole nitrogens is 2. The van der Waals surface area contributed by atoms with Gasteiger partial charge in [-0.05, 0) is 12.2 Å². The molecule has 0 radical (unpaired) electrons. The van der Waals surface area contributed by atoms with Crippen LogP contribution in [0.5, 0.6) is 0 Å². The van der Waals surface area contributed by atoms with Crippen LogP contribution >= 0.6 is 24.4 Å². The van der Waals surface area contributed by atoms with Crippen LogP contribution in [0.2, 0.25) is 0 Å². The fourth-order valence-electron chi connectivity index (χ4n) is 0.517. The summed E-state index contributed by atoms with van der Waals surface area (Å²) in [7, 11) is 1.74. The highest BCUT2D eigenvalue weighted by Crippen LogP contribution is 1.97. The molecule has 0 amide bonds. The molecule has 6 heteroatoms. The lowest BCUT2D eigenvalue weighted by Gasteiger charge is -1.95. The second-order valence-corrected chi connectivity index (χ2v) is 2.42. The molecule has 3 N–H and O–H groups in total. The summed E-state index contributed by atoms with van der Waals surface area (Å²) in [6.45, 7) is 0. The Balaban J connectivity index is 3.34. The van der Waals surface area contributed by atoms with Crippen molar-refractivity contribution in [3.05, 3.63) is 9.41 Å². The smallest absolute Gasteiger partial charge is 0.192 e. The van der Waals surface area contributed by atoms with Crippen molar-refractivity contribution < 1.29 is 0 Å². The lowest BCUT2D eigenvalue weighted by atomic mass is 10.7. The van der Waals surface area contributed by atoms with Crippen molar-refractivity contribution in [2.45, 2.75) is 0 Å². The molecule has 1 rings (SSSR count). The van der Waals surface area contributed by atoms with Gasteiger partial charge >= 0.3 is 0 Å². The number of rotatable bonds is 1. The highest BCUT2D eigenvalue weighted by molar-refractivity contribution is 7.72. The molecule has 0 aromatic carbocycles. The summed E-state index contributed by atoms with van der Waals surface area (Å²) >= 11 is 9.61. The minimum atomic E-state index is 0.434. The molecule has 0 spiro atoms.